The van der Waals surface area contributed by atoms with Crippen LogP contribution in [0.1, 0.15) is 18.7 Å². The molecule has 0 fully saturated rings. The zero-order valence-electron chi connectivity index (χ0n) is 8.12. The van der Waals surface area contributed by atoms with E-state index in [9.17, 15) is 0 Å². The molecule has 0 aliphatic rings. The van der Waals surface area contributed by atoms with Crippen molar-refractivity contribution in [2.45, 2.75) is 20.5 Å². The summed E-state index contributed by atoms with van der Waals surface area (Å²) in [6.45, 7) is 5.39. The molecule has 13 heavy (non-hydrogen) atoms. The minimum Gasteiger partial charge on any atom is -0.396 e. The largest absolute Gasteiger partial charge is 0.396 e. The zero-order chi connectivity index (χ0) is 9.73. The van der Waals surface area contributed by atoms with Gasteiger partial charge in [0.1, 0.15) is 0 Å². The quantitative estimate of drug-likeness (QED) is 0.790. The van der Waals surface area contributed by atoms with Crippen molar-refractivity contribution in [2.75, 3.05) is 13.2 Å². The van der Waals surface area contributed by atoms with Gasteiger partial charge in [0.15, 0.2) is 0 Å². The first-order valence-corrected chi connectivity index (χ1v) is 5.23. The normalized spacial score (nSPS) is 11.9. The predicted octanol–water partition coefficient (Wildman–Crippen LogP) is 2.28. The molecule has 0 amide bonds. The summed E-state index contributed by atoms with van der Waals surface area (Å²) >= 11 is 1.69. The van der Waals surface area contributed by atoms with Crippen LogP contribution in [0.2, 0.25) is 0 Å². The van der Waals surface area contributed by atoms with Gasteiger partial charge in [0, 0.05) is 10.3 Å². The Morgan fingerprint density at radius 1 is 1.54 bits per heavy atom. The minimum absolute atomic E-state index is 0.128. The van der Waals surface area contributed by atoms with Crippen molar-refractivity contribution in [2.24, 2.45) is 5.41 Å². The SMILES string of the molecule is CC(C)(CO)COCc1cccs1. The summed E-state index contributed by atoms with van der Waals surface area (Å²) in [6.07, 6.45) is 0. The maximum absolute atomic E-state index is 8.97. The molecule has 1 N–H and O–H groups in total. The highest BCUT2D eigenvalue weighted by Gasteiger charge is 2.16. The lowest BCUT2D eigenvalue weighted by Gasteiger charge is -2.20. The summed E-state index contributed by atoms with van der Waals surface area (Å²) in [4.78, 5) is 1.23. The second-order valence-corrected chi connectivity index (χ2v) is 4.93. The lowest BCUT2D eigenvalue weighted by Crippen LogP contribution is -2.23. The molecule has 1 aromatic heterocycles. The molecule has 0 saturated carbocycles. The van der Waals surface area contributed by atoms with Gasteiger partial charge in [0.2, 0.25) is 0 Å². The number of aliphatic hydroxyl groups excluding tert-OH is 1. The molecule has 0 atom stereocenters. The van der Waals surface area contributed by atoms with Gasteiger partial charge < -0.3 is 9.84 Å². The molecule has 0 aromatic carbocycles. The van der Waals surface area contributed by atoms with Crippen molar-refractivity contribution in [1.29, 1.82) is 0 Å². The smallest absolute Gasteiger partial charge is 0.0809 e. The fraction of sp³-hybridized carbons (Fsp3) is 0.600. The summed E-state index contributed by atoms with van der Waals surface area (Å²) < 4.78 is 5.48. The summed E-state index contributed by atoms with van der Waals surface area (Å²) in [5, 5.41) is 11.0. The molecule has 0 unspecified atom stereocenters. The average Bonchev–Trinajstić information content (AvgIpc) is 2.57. The predicted molar refractivity (Wildman–Crippen MR) is 54.8 cm³/mol. The molecule has 3 heteroatoms. The highest BCUT2D eigenvalue weighted by atomic mass is 32.1. The van der Waals surface area contributed by atoms with Crippen LogP contribution in [0.4, 0.5) is 0 Å². The first-order chi connectivity index (χ1) is 6.14. The van der Waals surface area contributed by atoms with Crippen molar-refractivity contribution in [3.05, 3.63) is 22.4 Å². The lowest BCUT2D eigenvalue weighted by molar-refractivity contribution is 0.0207. The van der Waals surface area contributed by atoms with Crippen LogP contribution in [0.3, 0.4) is 0 Å². The molecule has 1 rings (SSSR count). The number of ether oxygens (including phenoxy) is 1. The number of aliphatic hydroxyl groups is 1. The Bertz CT molecular complexity index is 229. The van der Waals surface area contributed by atoms with Crippen molar-refractivity contribution < 1.29 is 9.84 Å². The first kappa shape index (κ1) is 10.7. The summed E-state index contributed by atoms with van der Waals surface area (Å²) in [5.41, 5.74) is -0.128. The molecular weight excluding hydrogens is 184 g/mol. The molecule has 74 valence electrons. The summed E-state index contributed by atoms with van der Waals surface area (Å²) in [6, 6.07) is 4.07. The molecule has 0 bridgehead atoms. The van der Waals surface area contributed by atoms with Gasteiger partial charge in [-0.3, -0.25) is 0 Å². The Hall–Kier alpha value is -0.380. The van der Waals surface area contributed by atoms with Gasteiger partial charge >= 0.3 is 0 Å². The number of hydrogen-bond acceptors (Lipinski definition) is 3. The molecule has 1 heterocycles. The second kappa shape index (κ2) is 4.74. The van der Waals surface area contributed by atoms with E-state index in [0.29, 0.717) is 13.2 Å². The monoisotopic (exact) mass is 200 g/mol. The third-order valence-electron chi connectivity index (χ3n) is 1.75. The molecule has 0 saturated heterocycles. The zero-order valence-corrected chi connectivity index (χ0v) is 8.93. The summed E-state index contributed by atoms with van der Waals surface area (Å²) in [5.74, 6) is 0. The standard InChI is InChI=1S/C10H16O2S/c1-10(2,7-11)8-12-6-9-4-3-5-13-9/h3-5,11H,6-8H2,1-2H3. The van der Waals surface area contributed by atoms with Crippen LogP contribution in [0.5, 0.6) is 0 Å². The maximum Gasteiger partial charge on any atom is 0.0809 e. The maximum atomic E-state index is 8.97. The van der Waals surface area contributed by atoms with E-state index in [-0.39, 0.29) is 12.0 Å². The van der Waals surface area contributed by atoms with Crippen LogP contribution < -0.4 is 0 Å². The second-order valence-electron chi connectivity index (χ2n) is 3.89. The minimum atomic E-state index is -0.128. The Balaban J connectivity index is 2.21. The third kappa shape index (κ3) is 3.89. The van der Waals surface area contributed by atoms with E-state index in [1.807, 2.05) is 25.3 Å². The fourth-order valence-corrected chi connectivity index (χ4v) is 1.51. The van der Waals surface area contributed by atoms with E-state index < -0.39 is 0 Å². The van der Waals surface area contributed by atoms with Gasteiger partial charge in [0.05, 0.1) is 19.8 Å². The van der Waals surface area contributed by atoms with Crippen LogP contribution in [-0.4, -0.2) is 18.3 Å². The number of rotatable bonds is 5. The van der Waals surface area contributed by atoms with Gasteiger partial charge in [-0.2, -0.15) is 0 Å². The summed E-state index contributed by atoms with van der Waals surface area (Å²) in [7, 11) is 0. The lowest BCUT2D eigenvalue weighted by atomic mass is 9.97. The van der Waals surface area contributed by atoms with E-state index in [1.54, 1.807) is 11.3 Å². The van der Waals surface area contributed by atoms with Crippen LogP contribution in [0, 0.1) is 5.41 Å². The van der Waals surface area contributed by atoms with Crippen molar-refractivity contribution >= 4 is 11.3 Å². The highest BCUT2D eigenvalue weighted by Crippen LogP contribution is 2.16. The third-order valence-corrected chi connectivity index (χ3v) is 2.60. The fourth-order valence-electron chi connectivity index (χ4n) is 0.868. The Morgan fingerprint density at radius 2 is 2.31 bits per heavy atom. The number of hydrogen-bond donors (Lipinski definition) is 1. The van der Waals surface area contributed by atoms with E-state index in [4.69, 9.17) is 9.84 Å². The molecular formula is C10H16O2S. The van der Waals surface area contributed by atoms with Gasteiger partial charge in [-0.1, -0.05) is 19.9 Å². The molecule has 0 spiro atoms. The molecule has 0 radical (unpaired) electrons. The van der Waals surface area contributed by atoms with Crippen molar-refractivity contribution in [3.63, 3.8) is 0 Å². The number of thiophene rings is 1. The van der Waals surface area contributed by atoms with Crippen LogP contribution in [0.25, 0.3) is 0 Å². The topological polar surface area (TPSA) is 29.5 Å². The van der Waals surface area contributed by atoms with Gasteiger partial charge in [0.25, 0.3) is 0 Å². The Labute approximate surface area is 83.2 Å². The molecule has 1 aromatic rings. The van der Waals surface area contributed by atoms with Gasteiger partial charge in [-0.05, 0) is 11.4 Å². The van der Waals surface area contributed by atoms with Crippen LogP contribution >= 0.6 is 11.3 Å². The van der Waals surface area contributed by atoms with E-state index in [1.165, 1.54) is 4.88 Å². The van der Waals surface area contributed by atoms with Crippen molar-refractivity contribution in [3.8, 4) is 0 Å². The van der Waals surface area contributed by atoms with Gasteiger partial charge in [-0.15, -0.1) is 11.3 Å². The Morgan fingerprint density at radius 3 is 2.85 bits per heavy atom. The van der Waals surface area contributed by atoms with Gasteiger partial charge in [-0.25, -0.2) is 0 Å². The van der Waals surface area contributed by atoms with E-state index in [0.717, 1.165) is 0 Å². The average molecular weight is 200 g/mol. The van der Waals surface area contributed by atoms with Crippen molar-refractivity contribution in [1.82, 2.24) is 0 Å². The molecule has 2 nitrogen and oxygen atoms in total. The van der Waals surface area contributed by atoms with Crippen LogP contribution in [-0.2, 0) is 11.3 Å². The van der Waals surface area contributed by atoms with E-state index >= 15 is 0 Å². The molecule has 0 aliphatic carbocycles. The van der Waals surface area contributed by atoms with E-state index in [2.05, 4.69) is 6.07 Å². The van der Waals surface area contributed by atoms with Crippen LogP contribution in [0.15, 0.2) is 17.5 Å². The Kier molecular flexibility index (Phi) is 3.90. The highest BCUT2D eigenvalue weighted by molar-refractivity contribution is 7.09. The first-order valence-electron chi connectivity index (χ1n) is 4.35. The molecule has 0 aliphatic heterocycles.